The van der Waals surface area contributed by atoms with E-state index in [9.17, 15) is 9.59 Å². The fraction of sp³-hybridized carbons (Fsp3) is 0.429. The van der Waals surface area contributed by atoms with Crippen LogP contribution in [0.4, 0.5) is 0 Å². The number of para-hydroxylation sites is 1. The Labute approximate surface area is 107 Å². The maximum atomic E-state index is 11.5. The molecule has 0 fully saturated rings. The van der Waals surface area contributed by atoms with Crippen molar-refractivity contribution >= 4 is 11.9 Å². The molecule has 0 spiro atoms. The van der Waals surface area contributed by atoms with Crippen LogP contribution in [0, 0.1) is 6.92 Å². The summed E-state index contributed by atoms with van der Waals surface area (Å²) in [5.41, 5.74) is 0.888. The van der Waals surface area contributed by atoms with Crippen molar-refractivity contribution in [3.05, 3.63) is 29.8 Å². The number of ether oxygens (including phenoxy) is 2. The number of carbonyl (C=O) groups is 2. The van der Waals surface area contributed by atoms with E-state index in [4.69, 9.17) is 9.47 Å². The summed E-state index contributed by atoms with van der Waals surface area (Å²) >= 11 is 0. The van der Waals surface area contributed by atoms with E-state index >= 15 is 0 Å². The van der Waals surface area contributed by atoms with Crippen LogP contribution >= 0.6 is 0 Å². The van der Waals surface area contributed by atoms with Crippen LogP contribution in [0.1, 0.15) is 31.7 Å². The number of aryl methyl sites for hydroxylation is 1. The molecular weight excluding hydrogens is 232 g/mol. The Balaban J connectivity index is 2.34. The molecule has 0 N–H and O–H groups in total. The highest BCUT2D eigenvalue weighted by molar-refractivity contribution is 5.79. The second kappa shape index (κ2) is 7.48. The number of benzene rings is 1. The molecule has 18 heavy (non-hydrogen) atoms. The normalized spacial score (nSPS) is 9.89. The zero-order chi connectivity index (χ0) is 13.4. The van der Waals surface area contributed by atoms with Gasteiger partial charge in [0.1, 0.15) is 5.75 Å². The Kier molecular flexibility index (Phi) is 5.91. The van der Waals surface area contributed by atoms with E-state index in [0.29, 0.717) is 12.4 Å². The van der Waals surface area contributed by atoms with Gasteiger partial charge in [-0.3, -0.25) is 9.59 Å². The molecule has 0 radical (unpaired) electrons. The predicted molar refractivity (Wildman–Crippen MR) is 67.3 cm³/mol. The highest BCUT2D eigenvalue weighted by Gasteiger charge is 2.10. The van der Waals surface area contributed by atoms with E-state index < -0.39 is 5.97 Å². The minimum Gasteiger partial charge on any atom is -0.466 e. The lowest BCUT2D eigenvalue weighted by Crippen LogP contribution is -2.13. The van der Waals surface area contributed by atoms with Crippen molar-refractivity contribution in [2.24, 2.45) is 0 Å². The van der Waals surface area contributed by atoms with E-state index in [-0.39, 0.29) is 18.8 Å². The molecule has 98 valence electrons. The van der Waals surface area contributed by atoms with Crippen LogP contribution < -0.4 is 4.74 Å². The van der Waals surface area contributed by atoms with Gasteiger partial charge in [-0.1, -0.05) is 25.1 Å². The minimum atomic E-state index is -0.419. The molecule has 0 bridgehead atoms. The molecule has 1 aromatic rings. The van der Waals surface area contributed by atoms with Crippen LogP contribution in [-0.4, -0.2) is 18.5 Å². The van der Waals surface area contributed by atoms with Crippen molar-refractivity contribution in [1.82, 2.24) is 0 Å². The van der Waals surface area contributed by atoms with Gasteiger partial charge in [0.05, 0.1) is 19.4 Å². The number of rotatable bonds is 6. The molecule has 0 saturated carbocycles. The SMILES string of the molecule is CCCOC(=O)CCC(=O)Oc1ccccc1C. The summed E-state index contributed by atoms with van der Waals surface area (Å²) in [4.78, 5) is 22.7. The van der Waals surface area contributed by atoms with Crippen molar-refractivity contribution in [3.8, 4) is 5.75 Å². The molecule has 0 unspecified atom stereocenters. The minimum absolute atomic E-state index is 0.0386. The summed E-state index contributed by atoms with van der Waals surface area (Å²) in [5, 5.41) is 0. The van der Waals surface area contributed by atoms with Crippen molar-refractivity contribution in [3.63, 3.8) is 0 Å². The number of hydrogen-bond acceptors (Lipinski definition) is 4. The Bertz CT molecular complexity index is 412. The summed E-state index contributed by atoms with van der Waals surface area (Å²) in [7, 11) is 0. The maximum Gasteiger partial charge on any atom is 0.311 e. The summed E-state index contributed by atoms with van der Waals surface area (Å²) in [6, 6.07) is 7.25. The molecule has 0 saturated heterocycles. The van der Waals surface area contributed by atoms with Crippen molar-refractivity contribution in [2.75, 3.05) is 6.61 Å². The van der Waals surface area contributed by atoms with Crippen LogP contribution in [0.2, 0.25) is 0 Å². The van der Waals surface area contributed by atoms with E-state index in [0.717, 1.165) is 12.0 Å². The molecule has 0 atom stereocenters. The van der Waals surface area contributed by atoms with Crippen LogP contribution in [0.3, 0.4) is 0 Å². The zero-order valence-corrected chi connectivity index (χ0v) is 10.8. The maximum absolute atomic E-state index is 11.5. The van der Waals surface area contributed by atoms with Gasteiger partial charge in [-0.05, 0) is 25.0 Å². The van der Waals surface area contributed by atoms with Gasteiger partial charge in [0.15, 0.2) is 0 Å². The topological polar surface area (TPSA) is 52.6 Å². The number of esters is 2. The molecule has 1 aromatic carbocycles. The van der Waals surface area contributed by atoms with Gasteiger partial charge >= 0.3 is 11.9 Å². The second-order valence-electron chi connectivity index (χ2n) is 3.96. The van der Waals surface area contributed by atoms with Gasteiger partial charge in [-0.2, -0.15) is 0 Å². The third kappa shape index (κ3) is 4.99. The lowest BCUT2D eigenvalue weighted by Gasteiger charge is -2.06. The highest BCUT2D eigenvalue weighted by atomic mass is 16.5. The summed E-state index contributed by atoms with van der Waals surface area (Å²) in [6.45, 7) is 4.17. The lowest BCUT2D eigenvalue weighted by molar-refractivity contribution is -0.146. The second-order valence-corrected chi connectivity index (χ2v) is 3.96. The fourth-order valence-corrected chi connectivity index (χ4v) is 1.34. The zero-order valence-electron chi connectivity index (χ0n) is 10.8. The third-order valence-corrected chi connectivity index (χ3v) is 2.32. The predicted octanol–water partition coefficient (Wildman–Crippen LogP) is 2.63. The molecule has 0 aliphatic carbocycles. The van der Waals surface area contributed by atoms with Crippen molar-refractivity contribution in [2.45, 2.75) is 33.1 Å². The first-order valence-corrected chi connectivity index (χ1v) is 6.05. The number of hydrogen-bond donors (Lipinski definition) is 0. The first-order valence-electron chi connectivity index (χ1n) is 6.05. The standard InChI is InChI=1S/C14H18O4/c1-3-10-17-13(15)8-9-14(16)18-12-7-5-4-6-11(12)2/h4-7H,3,8-10H2,1-2H3. The van der Waals surface area contributed by atoms with Gasteiger partial charge in [-0.15, -0.1) is 0 Å². The first-order chi connectivity index (χ1) is 8.63. The molecule has 0 aliphatic rings. The van der Waals surface area contributed by atoms with E-state index in [2.05, 4.69) is 0 Å². The van der Waals surface area contributed by atoms with E-state index in [1.807, 2.05) is 26.0 Å². The third-order valence-electron chi connectivity index (χ3n) is 2.32. The molecule has 0 heterocycles. The lowest BCUT2D eigenvalue weighted by atomic mass is 10.2. The molecular formula is C14H18O4. The number of carbonyl (C=O) groups excluding carboxylic acids is 2. The van der Waals surface area contributed by atoms with Gasteiger partial charge < -0.3 is 9.47 Å². The fourth-order valence-electron chi connectivity index (χ4n) is 1.34. The summed E-state index contributed by atoms with van der Waals surface area (Å²) in [5.74, 6) is -0.249. The summed E-state index contributed by atoms with van der Waals surface area (Å²) < 4.78 is 10.0. The summed E-state index contributed by atoms with van der Waals surface area (Å²) in [6.07, 6.45) is 0.876. The monoisotopic (exact) mass is 250 g/mol. The Morgan fingerprint density at radius 3 is 2.44 bits per heavy atom. The van der Waals surface area contributed by atoms with Crippen LogP contribution in [0.25, 0.3) is 0 Å². The smallest absolute Gasteiger partial charge is 0.311 e. The molecule has 0 aliphatic heterocycles. The quantitative estimate of drug-likeness (QED) is 0.575. The Hall–Kier alpha value is -1.84. The van der Waals surface area contributed by atoms with Crippen LogP contribution in [0.15, 0.2) is 24.3 Å². The molecule has 4 nitrogen and oxygen atoms in total. The average Bonchev–Trinajstić information content (AvgIpc) is 2.36. The van der Waals surface area contributed by atoms with Gasteiger partial charge in [-0.25, -0.2) is 0 Å². The van der Waals surface area contributed by atoms with Crippen molar-refractivity contribution in [1.29, 1.82) is 0 Å². The molecule has 0 aromatic heterocycles. The van der Waals surface area contributed by atoms with Crippen LogP contribution in [-0.2, 0) is 14.3 Å². The van der Waals surface area contributed by atoms with Gasteiger partial charge in [0.25, 0.3) is 0 Å². The highest BCUT2D eigenvalue weighted by Crippen LogP contribution is 2.16. The first kappa shape index (κ1) is 14.2. The molecule has 4 heteroatoms. The largest absolute Gasteiger partial charge is 0.466 e. The van der Waals surface area contributed by atoms with Crippen molar-refractivity contribution < 1.29 is 19.1 Å². The van der Waals surface area contributed by atoms with Gasteiger partial charge in [0.2, 0.25) is 0 Å². The van der Waals surface area contributed by atoms with Gasteiger partial charge in [0, 0.05) is 0 Å². The molecule has 1 rings (SSSR count). The Morgan fingerprint density at radius 2 is 1.78 bits per heavy atom. The van der Waals surface area contributed by atoms with E-state index in [1.165, 1.54) is 0 Å². The average molecular weight is 250 g/mol. The Morgan fingerprint density at radius 1 is 1.11 bits per heavy atom. The van der Waals surface area contributed by atoms with Crippen LogP contribution in [0.5, 0.6) is 5.75 Å². The molecule has 0 amide bonds. The van der Waals surface area contributed by atoms with E-state index in [1.54, 1.807) is 12.1 Å².